The molecular weight excluding hydrogens is 316 g/mol. The number of rotatable bonds is 2. The highest BCUT2D eigenvalue weighted by atomic mass is 35.5. The first-order valence-electron chi connectivity index (χ1n) is 5.80. The second-order valence-electron chi connectivity index (χ2n) is 4.19. The minimum Gasteiger partial charge on any atom is -0.488 e. The maximum Gasteiger partial charge on any atom is 0.259 e. The smallest absolute Gasteiger partial charge is 0.259 e. The van der Waals surface area contributed by atoms with Gasteiger partial charge in [-0.3, -0.25) is 4.79 Å². The summed E-state index contributed by atoms with van der Waals surface area (Å²) in [6.45, 7) is 0.403. The molecule has 0 N–H and O–H groups in total. The molecule has 102 valence electrons. The molecule has 20 heavy (non-hydrogen) atoms. The highest BCUT2D eigenvalue weighted by Crippen LogP contribution is 2.28. The van der Waals surface area contributed by atoms with Crippen molar-refractivity contribution in [1.82, 2.24) is 5.01 Å². The molecule has 2 heterocycles. The number of amides is 1. The summed E-state index contributed by atoms with van der Waals surface area (Å²) in [5, 5.41) is 6.01. The topological polar surface area (TPSA) is 41.9 Å². The molecule has 0 aromatic heterocycles. The Labute approximate surface area is 130 Å². The Bertz CT molecular complexity index is 642. The summed E-state index contributed by atoms with van der Waals surface area (Å²) in [6, 6.07) is 5.44. The van der Waals surface area contributed by atoms with Crippen molar-refractivity contribution in [3.63, 3.8) is 0 Å². The quantitative estimate of drug-likeness (QED) is 0.619. The summed E-state index contributed by atoms with van der Waals surface area (Å²) in [7, 11) is 0. The van der Waals surface area contributed by atoms with Gasteiger partial charge in [-0.15, -0.1) is 0 Å². The van der Waals surface area contributed by atoms with Crippen LogP contribution in [0.5, 0.6) is 5.75 Å². The van der Waals surface area contributed by atoms with E-state index in [2.05, 4.69) is 5.10 Å². The number of ether oxygens (including phenoxy) is 1. The van der Waals surface area contributed by atoms with Crippen LogP contribution in [0.25, 0.3) is 6.08 Å². The second-order valence-corrected chi connectivity index (χ2v) is 6.24. The molecule has 1 amide bonds. The van der Waals surface area contributed by atoms with Crippen LogP contribution in [-0.2, 0) is 4.79 Å². The average molecular weight is 325 g/mol. The number of benzene rings is 1. The van der Waals surface area contributed by atoms with E-state index in [1.54, 1.807) is 12.3 Å². The van der Waals surface area contributed by atoms with Crippen LogP contribution >= 0.6 is 35.6 Å². The highest BCUT2D eigenvalue weighted by molar-refractivity contribution is 8.23. The van der Waals surface area contributed by atoms with E-state index in [9.17, 15) is 4.79 Å². The number of thiocarbonyl (C=S) groups is 1. The van der Waals surface area contributed by atoms with E-state index in [1.807, 2.05) is 18.2 Å². The van der Waals surface area contributed by atoms with Gasteiger partial charge in [0.05, 0.1) is 12.0 Å². The monoisotopic (exact) mass is 324 g/mol. The molecular formula is C13H9ClN2O2S2. The zero-order chi connectivity index (χ0) is 14.1. The predicted octanol–water partition coefficient (Wildman–Crippen LogP) is 2.96. The summed E-state index contributed by atoms with van der Waals surface area (Å²) in [5.74, 6) is 1.04. The fraction of sp³-hybridized carbons (Fsp3) is 0.154. The SMILES string of the molecule is O=C1CSC(=S)N1/N=C\C1=Cc2cc(Cl)ccc2OC1. The summed E-state index contributed by atoms with van der Waals surface area (Å²) < 4.78 is 6.08. The maximum atomic E-state index is 11.5. The van der Waals surface area contributed by atoms with Gasteiger partial charge < -0.3 is 4.74 Å². The van der Waals surface area contributed by atoms with E-state index in [0.717, 1.165) is 16.9 Å². The van der Waals surface area contributed by atoms with Crippen LogP contribution in [0.1, 0.15) is 5.56 Å². The lowest BCUT2D eigenvalue weighted by atomic mass is 10.1. The third-order valence-corrected chi connectivity index (χ3v) is 4.35. The summed E-state index contributed by atoms with van der Waals surface area (Å²) in [6.07, 6.45) is 3.53. The third kappa shape index (κ3) is 2.72. The van der Waals surface area contributed by atoms with Crippen molar-refractivity contribution >= 4 is 58.1 Å². The Morgan fingerprint density at radius 2 is 2.35 bits per heavy atom. The molecule has 1 saturated heterocycles. The predicted molar refractivity (Wildman–Crippen MR) is 85.3 cm³/mol. The molecule has 7 heteroatoms. The van der Waals surface area contributed by atoms with Gasteiger partial charge in [0.1, 0.15) is 12.4 Å². The molecule has 0 aliphatic carbocycles. The number of halogens is 1. The lowest BCUT2D eigenvalue weighted by Crippen LogP contribution is -2.23. The number of fused-ring (bicyclic) bond motifs is 1. The number of carbonyl (C=O) groups excluding carboxylic acids is 1. The van der Waals surface area contributed by atoms with Gasteiger partial charge in [-0.05, 0) is 24.3 Å². The van der Waals surface area contributed by atoms with Gasteiger partial charge in [-0.25, -0.2) is 0 Å². The number of hydrogen-bond acceptors (Lipinski definition) is 5. The van der Waals surface area contributed by atoms with Crippen LogP contribution in [0.15, 0.2) is 28.9 Å². The normalized spacial score (nSPS) is 18.2. The molecule has 2 aliphatic heterocycles. The number of thioether (sulfide) groups is 1. The molecule has 0 unspecified atom stereocenters. The fourth-order valence-electron chi connectivity index (χ4n) is 1.83. The zero-order valence-electron chi connectivity index (χ0n) is 10.2. The molecule has 0 radical (unpaired) electrons. The van der Waals surface area contributed by atoms with E-state index < -0.39 is 0 Å². The van der Waals surface area contributed by atoms with Crippen LogP contribution in [0.2, 0.25) is 5.02 Å². The Kier molecular flexibility index (Phi) is 3.78. The molecule has 4 nitrogen and oxygen atoms in total. The third-order valence-electron chi connectivity index (χ3n) is 2.77. The van der Waals surface area contributed by atoms with Crippen molar-refractivity contribution in [3.05, 3.63) is 34.4 Å². The maximum absolute atomic E-state index is 11.5. The Morgan fingerprint density at radius 3 is 3.10 bits per heavy atom. The number of nitrogens with zero attached hydrogens (tertiary/aromatic N) is 2. The number of carbonyl (C=O) groups is 1. The van der Waals surface area contributed by atoms with E-state index in [1.165, 1.54) is 16.8 Å². The first-order chi connectivity index (χ1) is 9.63. The van der Waals surface area contributed by atoms with Crippen LogP contribution < -0.4 is 4.74 Å². The lowest BCUT2D eigenvalue weighted by Gasteiger charge is -2.16. The molecule has 1 aromatic carbocycles. The molecule has 0 bridgehead atoms. The van der Waals surface area contributed by atoms with Crippen molar-refractivity contribution in [2.24, 2.45) is 5.10 Å². The second kappa shape index (κ2) is 5.55. The molecule has 1 aromatic rings. The Hall–Kier alpha value is -1.37. The minimum absolute atomic E-state index is 0.1000. The molecule has 2 aliphatic rings. The zero-order valence-corrected chi connectivity index (χ0v) is 12.6. The van der Waals surface area contributed by atoms with Crippen molar-refractivity contribution in [2.45, 2.75) is 0 Å². The van der Waals surface area contributed by atoms with Crippen molar-refractivity contribution in [2.75, 3.05) is 12.4 Å². The standard InChI is InChI=1S/C13H9ClN2O2S2/c14-10-1-2-11-9(4-10)3-8(6-18-11)5-15-16-12(17)7-20-13(16)19/h1-5H,6-7H2/b15-5-. The average Bonchev–Trinajstić information content (AvgIpc) is 2.75. The summed E-state index contributed by atoms with van der Waals surface area (Å²) in [4.78, 5) is 11.5. The Morgan fingerprint density at radius 1 is 1.50 bits per heavy atom. The van der Waals surface area contributed by atoms with Crippen molar-refractivity contribution < 1.29 is 9.53 Å². The van der Waals surface area contributed by atoms with Crippen LogP contribution in [-0.4, -0.2) is 33.8 Å². The number of hydrazone groups is 1. The highest BCUT2D eigenvalue weighted by Gasteiger charge is 2.26. The van der Waals surface area contributed by atoms with Crippen LogP contribution in [0.4, 0.5) is 0 Å². The van der Waals surface area contributed by atoms with Gasteiger partial charge in [0.25, 0.3) is 5.91 Å². The summed E-state index contributed by atoms with van der Waals surface area (Å²) in [5.41, 5.74) is 1.75. The number of hydrogen-bond donors (Lipinski definition) is 0. The van der Waals surface area contributed by atoms with Gasteiger partial charge in [-0.1, -0.05) is 35.6 Å². The first kappa shape index (κ1) is 13.6. The Balaban J connectivity index is 1.82. The van der Waals surface area contributed by atoms with Gasteiger partial charge >= 0.3 is 0 Å². The first-order valence-corrected chi connectivity index (χ1v) is 7.57. The van der Waals surface area contributed by atoms with E-state index in [0.29, 0.717) is 21.7 Å². The van der Waals surface area contributed by atoms with Gasteiger partial charge in [0.2, 0.25) is 0 Å². The molecule has 0 saturated carbocycles. The minimum atomic E-state index is -0.1000. The molecule has 1 fully saturated rings. The fourth-order valence-corrected chi connectivity index (χ4v) is 2.98. The van der Waals surface area contributed by atoms with Crippen LogP contribution in [0, 0.1) is 0 Å². The van der Waals surface area contributed by atoms with Crippen LogP contribution in [0.3, 0.4) is 0 Å². The van der Waals surface area contributed by atoms with E-state index >= 15 is 0 Å². The van der Waals surface area contributed by atoms with Gasteiger partial charge in [0.15, 0.2) is 4.32 Å². The molecule has 0 spiro atoms. The molecule has 3 rings (SSSR count). The van der Waals surface area contributed by atoms with E-state index in [4.69, 9.17) is 28.6 Å². The summed E-state index contributed by atoms with van der Waals surface area (Å²) >= 11 is 12.3. The van der Waals surface area contributed by atoms with Gasteiger partial charge in [-0.2, -0.15) is 10.1 Å². The molecule has 0 atom stereocenters. The van der Waals surface area contributed by atoms with Gasteiger partial charge in [0, 0.05) is 16.2 Å². The largest absolute Gasteiger partial charge is 0.488 e. The van der Waals surface area contributed by atoms with Crippen molar-refractivity contribution in [3.8, 4) is 5.75 Å². The lowest BCUT2D eigenvalue weighted by molar-refractivity contribution is -0.123. The van der Waals surface area contributed by atoms with E-state index in [-0.39, 0.29) is 5.91 Å². The van der Waals surface area contributed by atoms with Crippen molar-refractivity contribution in [1.29, 1.82) is 0 Å².